The maximum absolute atomic E-state index is 12.6. The lowest BCUT2D eigenvalue weighted by Gasteiger charge is -2.13. The normalized spacial score (nSPS) is 12.7. The minimum absolute atomic E-state index is 0.00890. The van der Waals surface area contributed by atoms with E-state index in [0.717, 1.165) is 11.0 Å². The Bertz CT molecular complexity index is 1150. The zero-order valence-corrected chi connectivity index (χ0v) is 18.7. The van der Waals surface area contributed by atoms with Gasteiger partial charge >= 0.3 is 5.97 Å². The van der Waals surface area contributed by atoms with Crippen LogP contribution < -0.4 is 0 Å². The first-order chi connectivity index (χ1) is 15.0. The van der Waals surface area contributed by atoms with Crippen molar-refractivity contribution in [3.63, 3.8) is 0 Å². The fraction of sp³-hybridized carbons (Fsp3) is 0.158. The molecule has 32 heavy (non-hydrogen) atoms. The third-order valence-corrected chi connectivity index (χ3v) is 6.27. The minimum Gasteiger partial charge on any atom is -0.457 e. The maximum atomic E-state index is 12.6. The van der Waals surface area contributed by atoms with Crippen molar-refractivity contribution in [1.29, 1.82) is 0 Å². The second kappa shape index (κ2) is 9.41. The number of esters is 1. The Morgan fingerprint density at radius 2 is 1.53 bits per heavy atom. The van der Waals surface area contributed by atoms with E-state index < -0.39 is 41.5 Å². The van der Waals surface area contributed by atoms with Crippen molar-refractivity contribution in [2.45, 2.75) is 6.42 Å². The molecule has 0 unspecified atom stereocenters. The molecule has 1 heterocycles. The third-order valence-electron chi connectivity index (χ3n) is 4.47. The molecule has 2 amide bonds. The van der Waals surface area contributed by atoms with E-state index in [0.29, 0.717) is 0 Å². The summed E-state index contributed by atoms with van der Waals surface area (Å²) in [5.41, 5.74) is -0.730. The molecule has 166 valence electrons. The molecule has 0 saturated carbocycles. The second-order valence-electron chi connectivity index (χ2n) is 6.41. The smallest absolute Gasteiger partial charge is 0.308 e. The van der Waals surface area contributed by atoms with Gasteiger partial charge in [0.15, 0.2) is 6.61 Å². The lowest BCUT2D eigenvalue weighted by molar-refractivity contribution is -0.384. The van der Waals surface area contributed by atoms with Gasteiger partial charge in [0.05, 0.1) is 42.6 Å². The zero-order chi connectivity index (χ0) is 23.7. The van der Waals surface area contributed by atoms with Gasteiger partial charge in [0.1, 0.15) is 0 Å². The van der Waals surface area contributed by atoms with Crippen molar-refractivity contribution in [2.75, 3.05) is 13.2 Å². The van der Waals surface area contributed by atoms with Crippen LogP contribution >= 0.6 is 46.4 Å². The summed E-state index contributed by atoms with van der Waals surface area (Å²) in [6, 6.07) is 4.93. The standard InChI is InChI=1S/C19H10Cl4N2O7/c20-14-12-13(15(21)17(23)16(14)22)19(29)24(18(12)28)5-4-11(27)32-7-10(26)8-2-1-3-9(6-8)25(30)31/h1-3,6H,4-5,7H2. The van der Waals surface area contributed by atoms with Crippen molar-refractivity contribution in [3.8, 4) is 0 Å². The highest BCUT2D eigenvalue weighted by atomic mass is 35.5. The van der Waals surface area contributed by atoms with Crippen LogP contribution in [0.2, 0.25) is 20.1 Å². The number of rotatable bonds is 7. The van der Waals surface area contributed by atoms with E-state index in [1.54, 1.807) is 0 Å². The summed E-state index contributed by atoms with van der Waals surface area (Å²) in [5, 5.41) is 9.95. The molecule has 1 aliphatic heterocycles. The van der Waals surface area contributed by atoms with Crippen LogP contribution in [0.5, 0.6) is 0 Å². The summed E-state index contributed by atoms with van der Waals surface area (Å²) in [4.78, 5) is 60.2. The van der Waals surface area contributed by atoms with Crippen LogP contribution in [0.1, 0.15) is 37.5 Å². The molecule has 1 aliphatic rings. The summed E-state index contributed by atoms with van der Waals surface area (Å²) in [6.45, 7) is -1.05. The van der Waals surface area contributed by atoms with Crippen molar-refractivity contribution >= 4 is 75.7 Å². The minimum atomic E-state index is -0.881. The van der Waals surface area contributed by atoms with Crippen molar-refractivity contribution in [2.24, 2.45) is 0 Å². The van der Waals surface area contributed by atoms with Crippen LogP contribution in [0, 0.1) is 10.1 Å². The van der Waals surface area contributed by atoms with E-state index in [1.165, 1.54) is 18.2 Å². The highest BCUT2D eigenvalue weighted by molar-refractivity contribution is 6.55. The number of ketones is 1. The molecule has 0 spiro atoms. The Morgan fingerprint density at radius 3 is 2.06 bits per heavy atom. The number of carbonyl (C=O) groups is 4. The molecule has 13 heteroatoms. The van der Waals surface area contributed by atoms with Crippen LogP contribution in [0.25, 0.3) is 0 Å². The van der Waals surface area contributed by atoms with Crippen LogP contribution in [-0.2, 0) is 9.53 Å². The molecule has 0 radical (unpaired) electrons. The summed E-state index contributed by atoms with van der Waals surface area (Å²) in [7, 11) is 0. The van der Waals surface area contributed by atoms with E-state index in [4.69, 9.17) is 51.1 Å². The van der Waals surface area contributed by atoms with E-state index in [9.17, 15) is 29.3 Å². The number of hydrogen-bond donors (Lipinski definition) is 0. The third kappa shape index (κ3) is 4.42. The van der Waals surface area contributed by atoms with Gasteiger partial charge in [-0.2, -0.15) is 0 Å². The summed E-state index contributed by atoms with van der Waals surface area (Å²) >= 11 is 23.9. The highest BCUT2D eigenvalue weighted by Crippen LogP contribution is 2.44. The zero-order valence-electron chi connectivity index (χ0n) is 15.7. The van der Waals surface area contributed by atoms with Crippen LogP contribution in [0.15, 0.2) is 24.3 Å². The first kappa shape index (κ1) is 23.9. The van der Waals surface area contributed by atoms with E-state index in [1.807, 2.05) is 0 Å². The lowest BCUT2D eigenvalue weighted by atomic mass is 10.1. The molecule has 0 fully saturated rings. The van der Waals surface area contributed by atoms with Crippen molar-refractivity contribution in [1.82, 2.24) is 4.90 Å². The molecule has 3 rings (SSSR count). The Hall–Kier alpha value is -2.72. The molecule has 0 aromatic heterocycles. The van der Waals surface area contributed by atoms with Crippen LogP contribution in [0.4, 0.5) is 5.69 Å². The van der Waals surface area contributed by atoms with Gasteiger partial charge in [-0.25, -0.2) is 0 Å². The summed E-state index contributed by atoms with van der Waals surface area (Å²) in [6.07, 6.45) is -0.426. The number of non-ortho nitro benzene ring substituents is 1. The van der Waals surface area contributed by atoms with Crippen molar-refractivity contribution in [3.05, 3.63) is 71.2 Å². The Kier molecular flexibility index (Phi) is 7.04. The number of hydrogen-bond acceptors (Lipinski definition) is 7. The molecular formula is C19H10Cl4N2O7. The number of amides is 2. The first-order valence-electron chi connectivity index (χ1n) is 8.70. The summed E-state index contributed by atoms with van der Waals surface area (Å²) in [5.74, 6) is -3.16. The van der Waals surface area contributed by atoms with Gasteiger partial charge in [0.2, 0.25) is 5.78 Å². The number of nitro groups is 1. The molecule has 0 saturated heterocycles. The number of fused-ring (bicyclic) bond motifs is 1. The Morgan fingerprint density at radius 1 is 0.969 bits per heavy atom. The number of imide groups is 1. The van der Waals surface area contributed by atoms with Crippen LogP contribution in [0.3, 0.4) is 0 Å². The Labute approximate surface area is 199 Å². The predicted octanol–water partition coefficient (Wildman–Crippen LogP) is 4.62. The summed E-state index contributed by atoms with van der Waals surface area (Å²) < 4.78 is 4.85. The topological polar surface area (TPSA) is 124 Å². The highest BCUT2D eigenvalue weighted by Gasteiger charge is 2.41. The quantitative estimate of drug-likeness (QED) is 0.0993. The van der Waals surface area contributed by atoms with Gasteiger partial charge < -0.3 is 4.74 Å². The number of ether oxygens (including phenoxy) is 1. The number of carbonyl (C=O) groups excluding carboxylic acids is 4. The lowest BCUT2D eigenvalue weighted by Crippen LogP contribution is -2.32. The van der Waals surface area contributed by atoms with Gasteiger partial charge in [-0.1, -0.05) is 58.5 Å². The van der Waals surface area contributed by atoms with Gasteiger partial charge in [-0.05, 0) is 0 Å². The number of Topliss-reactive ketones (excluding diaryl/α,β-unsaturated/α-hetero) is 1. The number of halogens is 4. The Balaban J connectivity index is 1.62. The number of nitrogens with zero attached hydrogens (tertiary/aromatic N) is 2. The maximum Gasteiger partial charge on any atom is 0.308 e. The molecule has 2 aromatic rings. The molecule has 9 nitrogen and oxygen atoms in total. The molecule has 0 N–H and O–H groups in total. The van der Waals surface area contributed by atoms with E-state index in [-0.39, 0.29) is 49.0 Å². The first-order valence-corrected chi connectivity index (χ1v) is 10.2. The van der Waals surface area contributed by atoms with Gasteiger partial charge in [0, 0.05) is 24.2 Å². The molecule has 0 bridgehead atoms. The fourth-order valence-electron chi connectivity index (χ4n) is 2.90. The number of nitro benzene ring substituents is 1. The monoisotopic (exact) mass is 518 g/mol. The van der Waals surface area contributed by atoms with E-state index >= 15 is 0 Å². The largest absolute Gasteiger partial charge is 0.457 e. The predicted molar refractivity (Wildman–Crippen MR) is 115 cm³/mol. The second-order valence-corrected chi connectivity index (χ2v) is 7.92. The van der Waals surface area contributed by atoms with Gasteiger partial charge in [0.25, 0.3) is 17.5 Å². The average Bonchev–Trinajstić information content (AvgIpc) is 3.02. The van der Waals surface area contributed by atoms with E-state index in [2.05, 4.69) is 0 Å². The molecule has 0 aliphatic carbocycles. The van der Waals surface area contributed by atoms with Gasteiger partial charge in [-0.15, -0.1) is 0 Å². The fourth-order valence-corrected chi connectivity index (χ4v) is 3.91. The molecule has 0 atom stereocenters. The van der Waals surface area contributed by atoms with Gasteiger partial charge in [-0.3, -0.25) is 34.2 Å². The SMILES string of the molecule is O=C(CCN1C(=O)c2c(Cl)c(Cl)c(Cl)c(Cl)c2C1=O)OCC(=O)c1cccc([N+](=O)[O-])c1. The molecule has 2 aromatic carbocycles. The number of benzene rings is 2. The molecular weight excluding hydrogens is 510 g/mol. The average molecular weight is 520 g/mol. The van der Waals surface area contributed by atoms with Crippen molar-refractivity contribution < 1.29 is 28.8 Å². The van der Waals surface area contributed by atoms with Crippen LogP contribution in [-0.4, -0.2) is 46.5 Å².